The fourth-order valence-corrected chi connectivity index (χ4v) is 3.40. The number of methoxy groups -OCH3 is 1. The van der Waals surface area contributed by atoms with E-state index in [1.54, 1.807) is 7.11 Å². The van der Waals surface area contributed by atoms with Crippen LogP contribution < -0.4 is 15.4 Å². The number of nitrogens with one attached hydrogen (secondary N) is 3. The molecule has 3 aromatic carbocycles. The predicted molar refractivity (Wildman–Crippen MR) is 113 cm³/mol. The molecule has 5 heteroatoms. The smallest absolute Gasteiger partial charge is 0.315 e. The molecule has 1 aromatic heterocycles. The van der Waals surface area contributed by atoms with Crippen LogP contribution in [0.2, 0.25) is 0 Å². The molecule has 0 aliphatic carbocycles. The number of aromatic nitrogens is 1. The van der Waals surface area contributed by atoms with Gasteiger partial charge in [-0.3, -0.25) is 0 Å². The van der Waals surface area contributed by atoms with Crippen LogP contribution in [0.3, 0.4) is 0 Å². The third-order valence-corrected chi connectivity index (χ3v) is 4.92. The Morgan fingerprint density at radius 1 is 1.00 bits per heavy atom. The minimum atomic E-state index is -0.158. The Labute approximate surface area is 163 Å². The Balaban J connectivity index is 1.29. The zero-order valence-corrected chi connectivity index (χ0v) is 15.8. The van der Waals surface area contributed by atoms with Crippen molar-refractivity contribution in [1.82, 2.24) is 15.6 Å². The molecule has 0 spiro atoms. The van der Waals surface area contributed by atoms with Crippen molar-refractivity contribution in [3.63, 3.8) is 0 Å². The lowest BCUT2D eigenvalue weighted by atomic mass is 10.1. The fourth-order valence-electron chi connectivity index (χ4n) is 3.40. The molecule has 0 aliphatic heterocycles. The topological polar surface area (TPSA) is 66.2 Å². The van der Waals surface area contributed by atoms with Crippen LogP contribution >= 0.6 is 0 Å². The number of ether oxygens (including phenoxy) is 1. The van der Waals surface area contributed by atoms with Crippen LogP contribution in [0.1, 0.15) is 11.1 Å². The third-order valence-electron chi connectivity index (χ3n) is 4.92. The zero-order valence-electron chi connectivity index (χ0n) is 15.8. The minimum Gasteiger partial charge on any atom is -0.497 e. The number of carbonyl (C=O) groups excluding carboxylic acids is 1. The summed E-state index contributed by atoms with van der Waals surface area (Å²) in [6, 6.07) is 20.2. The van der Waals surface area contributed by atoms with Gasteiger partial charge in [-0.2, -0.15) is 0 Å². The number of amides is 2. The van der Waals surface area contributed by atoms with Gasteiger partial charge in [-0.15, -0.1) is 0 Å². The van der Waals surface area contributed by atoms with E-state index in [1.807, 2.05) is 48.7 Å². The first-order valence-electron chi connectivity index (χ1n) is 9.36. The van der Waals surface area contributed by atoms with Crippen molar-refractivity contribution < 1.29 is 9.53 Å². The molecule has 28 heavy (non-hydrogen) atoms. The molecule has 0 unspecified atom stereocenters. The first-order chi connectivity index (χ1) is 13.7. The molecule has 0 fully saturated rings. The number of fused-ring (bicyclic) bond motifs is 2. The molecular formula is C23H23N3O2. The number of aromatic amines is 1. The molecule has 0 saturated heterocycles. The highest BCUT2D eigenvalue weighted by Crippen LogP contribution is 2.22. The summed E-state index contributed by atoms with van der Waals surface area (Å²) in [5, 5.41) is 9.30. The van der Waals surface area contributed by atoms with Gasteiger partial charge in [0.15, 0.2) is 0 Å². The third kappa shape index (κ3) is 3.93. The Kier molecular flexibility index (Phi) is 5.15. The number of rotatable bonds is 6. The highest BCUT2D eigenvalue weighted by Gasteiger charge is 2.05. The molecule has 0 atom stereocenters. The van der Waals surface area contributed by atoms with Crippen LogP contribution in [-0.4, -0.2) is 24.7 Å². The van der Waals surface area contributed by atoms with Crippen LogP contribution in [0.15, 0.2) is 66.9 Å². The maximum Gasteiger partial charge on any atom is 0.315 e. The summed E-state index contributed by atoms with van der Waals surface area (Å²) < 4.78 is 5.25. The van der Waals surface area contributed by atoms with Crippen molar-refractivity contribution >= 4 is 27.7 Å². The molecular weight excluding hydrogens is 350 g/mol. The van der Waals surface area contributed by atoms with Crippen molar-refractivity contribution in [2.75, 3.05) is 13.7 Å². The summed E-state index contributed by atoms with van der Waals surface area (Å²) in [6.45, 7) is 1.08. The van der Waals surface area contributed by atoms with E-state index in [2.05, 4.69) is 33.8 Å². The van der Waals surface area contributed by atoms with E-state index < -0.39 is 0 Å². The average molecular weight is 373 g/mol. The Hall–Kier alpha value is -3.47. The SMILES string of the molecule is COc1ccc2cc(CNC(=O)NCCc3c[nH]c4ccccc34)ccc2c1. The molecule has 142 valence electrons. The number of carbonyl (C=O) groups is 1. The van der Waals surface area contributed by atoms with Crippen LogP contribution in [0.4, 0.5) is 4.79 Å². The van der Waals surface area contributed by atoms with Gasteiger partial charge in [0.2, 0.25) is 0 Å². The van der Waals surface area contributed by atoms with E-state index in [1.165, 1.54) is 10.9 Å². The fraction of sp³-hybridized carbons (Fsp3) is 0.174. The lowest BCUT2D eigenvalue weighted by Gasteiger charge is -2.09. The molecule has 0 aliphatic rings. The molecule has 5 nitrogen and oxygen atoms in total. The van der Waals surface area contributed by atoms with Crippen LogP contribution in [-0.2, 0) is 13.0 Å². The lowest BCUT2D eigenvalue weighted by molar-refractivity contribution is 0.240. The summed E-state index contributed by atoms with van der Waals surface area (Å²) in [7, 11) is 1.66. The van der Waals surface area contributed by atoms with E-state index in [0.717, 1.165) is 34.0 Å². The number of hydrogen-bond acceptors (Lipinski definition) is 2. The van der Waals surface area contributed by atoms with Gasteiger partial charge in [0.1, 0.15) is 5.75 Å². The van der Waals surface area contributed by atoms with Crippen molar-refractivity contribution in [3.05, 3.63) is 78.0 Å². The molecule has 4 aromatic rings. The molecule has 0 radical (unpaired) electrons. The van der Waals surface area contributed by atoms with E-state index in [-0.39, 0.29) is 6.03 Å². The van der Waals surface area contributed by atoms with Gasteiger partial charge in [-0.05, 0) is 52.6 Å². The summed E-state index contributed by atoms with van der Waals surface area (Å²) >= 11 is 0. The van der Waals surface area contributed by atoms with Crippen LogP contribution in [0.25, 0.3) is 21.7 Å². The molecule has 1 heterocycles. The predicted octanol–water partition coefficient (Wildman–Crippen LogP) is 4.37. The van der Waals surface area contributed by atoms with Gasteiger partial charge >= 0.3 is 6.03 Å². The second-order valence-corrected chi connectivity index (χ2v) is 6.77. The van der Waals surface area contributed by atoms with Crippen molar-refractivity contribution in [2.45, 2.75) is 13.0 Å². The highest BCUT2D eigenvalue weighted by molar-refractivity contribution is 5.85. The minimum absolute atomic E-state index is 0.158. The normalized spacial score (nSPS) is 10.9. The standard InChI is InChI=1S/C23H23N3O2/c1-28-20-9-8-17-12-16(6-7-18(17)13-20)14-26-23(27)24-11-10-19-15-25-22-5-3-2-4-21(19)22/h2-9,12-13,15,25H,10-11,14H2,1H3,(H2,24,26,27). The van der Waals surface area contributed by atoms with Crippen molar-refractivity contribution in [1.29, 1.82) is 0 Å². The van der Waals surface area contributed by atoms with Gasteiger partial charge < -0.3 is 20.4 Å². The van der Waals surface area contributed by atoms with Crippen LogP contribution in [0.5, 0.6) is 5.75 Å². The monoisotopic (exact) mass is 373 g/mol. The Morgan fingerprint density at radius 3 is 2.71 bits per heavy atom. The summed E-state index contributed by atoms with van der Waals surface area (Å²) in [5.74, 6) is 0.841. The highest BCUT2D eigenvalue weighted by atomic mass is 16.5. The van der Waals surface area contributed by atoms with Crippen molar-refractivity contribution in [2.24, 2.45) is 0 Å². The number of H-pyrrole nitrogens is 1. The van der Waals surface area contributed by atoms with E-state index in [4.69, 9.17) is 4.74 Å². The second kappa shape index (κ2) is 8.05. The molecule has 0 bridgehead atoms. The summed E-state index contributed by atoms with van der Waals surface area (Å²) in [5.41, 5.74) is 3.39. The Bertz CT molecular complexity index is 1120. The largest absolute Gasteiger partial charge is 0.497 e. The number of para-hydroxylation sites is 1. The average Bonchev–Trinajstić information content (AvgIpc) is 3.15. The first-order valence-corrected chi connectivity index (χ1v) is 9.36. The Morgan fingerprint density at radius 2 is 1.82 bits per heavy atom. The maximum atomic E-state index is 12.1. The lowest BCUT2D eigenvalue weighted by Crippen LogP contribution is -2.36. The van der Waals surface area contributed by atoms with Crippen LogP contribution in [0, 0.1) is 0 Å². The molecule has 2 amide bonds. The zero-order chi connectivity index (χ0) is 19.3. The van der Waals surface area contributed by atoms with E-state index in [9.17, 15) is 4.79 Å². The number of urea groups is 1. The quantitative estimate of drug-likeness (QED) is 0.470. The second-order valence-electron chi connectivity index (χ2n) is 6.77. The molecule has 3 N–H and O–H groups in total. The summed E-state index contributed by atoms with van der Waals surface area (Å²) in [6.07, 6.45) is 2.80. The van der Waals surface area contributed by atoms with E-state index >= 15 is 0 Å². The van der Waals surface area contributed by atoms with Gasteiger partial charge in [0.05, 0.1) is 7.11 Å². The summed E-state index contributed by atoms with van der Waals surface area (Å²) in [4.78, 5) is 15.4. The maximum absolute atomic E-state index is 12.1. The van der Waals surface area contributed by atoms with Gasteiger partial charge in [-0.1, -0.05) is 36.4 Å². The number of hydrogen-bond donors (Lipinski definition) is 3. The van der Waals surface area contributed by atoms with Gasteiger partial charge in [0, 0.05) is 30.2 Å². The van der Waals surface area contributed by atoms with Crippen molar-refractivity contribution in [3.8, 4) is 5.75 Å². The van der Waals surface area contributed by atoms with E-state index in [0.29, 0.717) is 13.1 Å². The van der Waals surface area contributed by atoms with Gasteiger partial charge in [-0.25, -0.2) is 4.79 Å². The van der Waals surface area contributed by atoms with Gasteiger partial charge in [0.25, 0.3) is 0 Å². The number of benzene rings is 3. The molecule has 4 rings (SSSR count). The molecule has 0 saturated carbocycles. The first kappa shape index (κ1) is 17.9.